The van der Waals surface area contributed by atoms with Gasteiger partial charge in [-0.1, -0.05) is 52.3 Å². The second-order valence-corrected chi connectivity index (χ2v) is 8.45. The third-order valence-electron chi connectivity index (χ3n) is 5.72. The van der Waals surface area contributed by atoms with Gasteiger partial charge in [-0.05, 0) is 48.0 Å². The summed E-state index contributed by atoms with van der Waals surface area (Å²) in [6, 6.07) is 21.6. The van der Waals surface area contributed by atoms with Gasteiger partial charge < -0.3 is 5.11 Å². The Morgan fingerprint density at radius 1 is 0.844 bits per heavy atom. The van der Waals surface area contributed by atoms with Gasteiger partial charge >= 0.3 is 5.97 Å². The Balaban J connectivity index is 1.63. The number of carboxylic acid groups (broad SMARTS) is 1. The van der Waals surface area contributed by atoms with Gasteiger partial charge in [-0.3, -0.25) is 14.4 Å². The van der Waals surface area contributed by atoms with Gasteiger partial charge in [-0.15, -0.1) is 0 Å². The van der Waals surface area contributed by atoms with Gasteiger partial charge in [0.15, 0.2) is 6.10 Å². The number of anilines is 2. The van der Waals surface area contributed by atoms with E-state index in [1.54, 1.807) is 54.6 Å². The molecule has 0 spiro atoms. The van der Waals surface area contributed by atoms with Crippen molar-refractivity contribution in [3.8, 4) is 0 Å². The van der Waals surface area contributed by atoms with Gasteiger partial charge in [0.1, 0.15) is 5.92 Å². The van der Waals surface area contributed by atoms with Gasteiger partial charge in [0.25, 0.3) is 5.91 Å². The van der Waals surface area contributed by atoms with E-state index in [1.807, 2.05) is 18.2 Å². The lowest BCUT2D eigenvalue weighted by molar-refractivity contribution is -0.126. The highest BCUT2D eigenvalue weighted by atomic mass is 79.9. The molecule has 8 heteroatoms. The SMILES string of the molecule is O=C(O)c1ccccc1[C@H]1[C@@H]2C(=O)N(c3ccc(Br)cc3)C(=O)[C@H]2ON1c1ccccc1. The Kier molecular flexibility index (Phi) is 5.03. The van der Waals surface area contributed by atoms with Gasteiger partial charge in [0.05, 0.1) is 23.0 Å². The molecule has 2 heterocycles. The first-order valence-corrected chi connectivity index (χ1v) is 10.7. The second kappa shape index (κ2) is 7.89. The molecule has 0 aliphatic carbocycles. The van der Waals surface area contributed by atoms with Gasteiger partial charge in [0, 0.05) is 4.47 Å². The molecule has 5 rings (SSSR count). The van der Waals surface area contributed by atoms with E-state index in [2.05, 4.69) is 15.9 Å². The molecule has 0 unspecified atom stereocenters. The summed E-state index contributed by atoms with van der Waals surface area (Å²) in [5.41, 5.74) is 1.54. The zero-order chi connectivity index (χ0) is 22.4. The monoisotopic (exact) mass is 492 g/mol. The number of carbonyl (C=O) groups excluding carboxylic acids is 2. The van der Waals surface area contributed by atoms with Crippen LogP contribution < -0.4 is 9.96 Å². The number of fused-ring (bicyclic) bond motifs is 1. The summed E-state index contributed by atoms with van der Waals surface area (Å²) in [7, 11) is 0. The highest BCUT2D eigenvalue weighted by molar-refractivity contribution is 9.10. The van der Waals surface area contributed by atoms with Crippen molar-refractivity contribution < 1.29 is 24.3 Å². The summed E-state index contributed by atoms with van der Waals surface area (Å²) in [6.45, 7) is 0. The zero-order valence-electron chi connectivity index (χ0n) is 16.6. The number of para-hydroxylation sites is 1. The van der Waals surface area contributed by atoms with Crippen molar-refractivity contribution in [1.82, 2.24) is 0 Å². The first kappa shape index (κ1) is 20.4. The van der Waals surface area contributed by atoms with E-state index in [0.717, 1.165) is 9.37 Å². The number of amides is 2. The standard InChI is InChI=1S/C24H17BrN2O5/c25-14-10-12-15(13-11-14)26-22(28)19-20(17-8-4-5-9-18(17)24(30)31)27(32-21(19)23(26)29)16-6-2-1-3-7-16/h1-13,19-21H,(H,30,31)/t19-,20-,21-/m0/s1. The van der Waals surface area contributed by atoms with E-state index in [-0.39, 0.29) is 5.56 Å². The molecule has 3 atom stereocenters. The molecule has 0 aromatic heterocycles. The first-order chi connectivity index (χ1) is 15.5. The summed E-state index contributed by atoms with van der Waals surface area (Å²) in [5.74, 6) is -2.91. The second-order valence-electron chi connectivity index (χ2n) is 7.54. The van der Waals surface area contributed by atoms with Crippen LogP contribution in [0, 0.1) is 5.92 Å². The number of hydroxylamine groups is 1. The molecule has 1 N–H and O–H groups in total. The van der Waals surface area contributed by atoms with E-state index in [9.17, 15) is 19.5 Å². The van der Waals surface area contributed by atoms with Crippen molar-refractivity contribution in [2.24, 2.45) is 5.92 Å². The minimum atomic E-state index is -1.11. The summed E-state index contributed by atoms with van der Waals surface area (Å²) in [6.07, 6.45) is -1.06. The summed E-state index contributed by atoms with van der Waals surface area (Å²) >= 11 is 3.35. The van der Waals surface area contributed by atoms with Gasteiger partial charge in [-0.2, -0.15) is 0 Å². The summed E-state index contributed by atoms with van der Waals surface area (Å²) < 4.78 is 0.820. The molecule has 160 valence electrons. The fourth-order valence-electron chi connectivity index (χ4n) is 4.32. The molecule has 32 heavy (non-hydrogen) atoms. The molecule has 3 aromatic carbocycles. The molecule has 0 radical (unpaired) electrons. The van der Waals surface area contributed by atoms with Gasteiger partial charge in [-0.25, -0.2) is 14.8 Å². The molecular weight excluding hydrogens is 476 g/mol. The van der Waals surface area contributed by atoms with E-state index >= 15 is 0 Å². The predicted molar refractivity (Wildman–Crippen MR) is 120 cm³/mol. The van der Waals surface area contributed by atoms with E-state index in [0.29, 0.717) is 16.9 Å². The maximum absolute atomic E-state index is 13.6. The lowest BCUT2D eigenvalue weighted by atomic mass is 9.88. The quantitative estimate of drug-likeness (QED) is 0.549. The third kappa shape index (κ3) is 3.19. The normalized spacial score (nSPS) is 22.3. The van der Waals surface area contributed by atoms with Crippen LogP contribution >= 0.6 is 15.9 Å². The largest absolute Gasteiger partial charge is 0.478 e. The highest BCUT2D eigenvalue weighted by Gasteiger charge is 2.60. The van der Waals surface area contributed by atoms with E-state index in [1.165, 1.54) is 11.1 Å². The lowest BCUT2D eigenvalue weighted by Gasteiger charge is -2.29. The van der Waals surface area contributed by atoms with Crippen molar-refractivity contribution >= 4 is 45.1 Å². The smallest absolute Gasteiger partial charge is 0.336 e. The van der Waals surface area contributed by atoms with Crippen molar-refractivity contribution in [3.63, 3.8) is 0 Å². The van der Waals surface area contributed by atoms with Crippen molar-refractivity contribution in [2.75, 3.05) is 9.96 Å². The average Bonchev–Trinajstić information content (AvgIpc) is 3.31. The molecule has 2 amide bonds. The molecule has 0 saturated carbocycles. The van der Waals surface area contributed by atoms with E-state index in [4.69, 9.17) is 4.84 Å². The first-order valence-electron chi connectivity index (χ1n) is 9.94. The molecule has 2 saturated heterocycles. The van der Waals surface area contributed by atoms with Crippen LogP contribution in [-0.2, 0) is 14.4 Å². The Hall–Kier alpha value is -3.49. The van der Waals surface area contributed by atoms with E-state index < -0.39 is 35.8 Å². The number of carboxylic acids is 1. The van der Waals surface area contributed by atoms with Crippen molar-refractivity contribution in [3.05, 3.63) is 94.5 Å². The van der Waals surface area contributed by atoms with Gasteiger partial charge in [0.2, 0.25) is 5.91 Å². The molecule has 2 fully saturated rings. The van der Waals surface area contributed by atoms with Crippen molar-refractivity contribution in [1.29, 1.82) is 0 Å². The number of halogens is 1. The van der Waals surface area contributed by atoms with Crippen LogP contribution in [0.1, 0.15) is 22.0 Å². The Labute approximate surface area is 191 Å². The number of nitrogens with zero attached hydrogens (tertiary/aromatic N) is 2. The van der Waals surface area contributed by atoms with Crippen LogP contribution in [0.2, 0.25) is 0 Å². The van der Waals surface area contributed by atoms with Crippen LogP contribution in [-0.4, -0.2) is 29.0 Å². The molecule has 7 nitrogen and oxygen atoms in total. The third-order valence-corrected chi connectivity index (χ3v) is 6.25. The van der Waals surface area contributed by atoms with Crippen LogP contribution in [0.4, 0.5) is 11.4 Å². The van der Waals surface area contributed by atoms with Crippen LogP contribution in [0.3, 0.4) is 0 Å². The van der Waals surface area contributed by atoms with Crippen LogP contribution in [0.25, 0.3) is 0 Å². The number of hydrogen-bond donors (Lipinski definition) is 1. The minimum Gasteiger partial charge on any atom is -0.478 e. The summed E-state index contributed by atoms with van der Waals surface area (Å²) in [4.78, 5) is 46.0. The Morgan fingerprint density at radius 3 is 2.19 bits per heavy atom. The number of benzene rings is 3. The summed E-state index contributed by atoms with van der Waals surface area (Å²) in [5, 5.41) is 11.3. The fraction of sp³-hybridized carbons (Fsp3) is 0.125. The lowest BCUT2D eigenvalue weighted by Crippen LogP contribution is -2.37. The molecule has 2 aliphatic rings. The number of carbonyl (C=O) groups is 3. The Bertz CT molecular complexity index is 1210. The number of rotatable bonds is 4. The number of hydrogen-bond acceptors (Lipinski definition) is 5. The maximum atomic E-state index is 13.6. The number of aromatic carboxylic acids is 1. The van der Waals surface area contributed by atoms with Crippen LogP contribution in [0.15, 0.2) is 83.3 Å². The fourth-order valence-corrected chi connectivity index (χ4v) is 4.59. The molecule has 2 aliphatic heterocycles. The molecular formula is C24H17BrN2O5. The minimum absolute atomic E-state index is 0.0602. The number of imide groups is 1. The van der Waals surface area contributed by atoms with Crippen LogP contribution in [0.5, 0.6) is 0 Å². The molecule has 3 aromatic rings. The predicted octanol–water partition coefficient (Wildman–Crippen LogP) is 4.20. The zero-order valence-corrected chi connectivity index (χ0v) is 18.2. The highest BCUT2D eigenvalue weighted by Crippen LogP contribution is 2.48. The maximum Gasteiger partial charge on any atom is 0.336 e. The molecule has 0 bridgehead atoms. The topological polar surface area (TPSA) is 87.2 Å². The van der Waals surface area contributed by atoms with Crippen molar-refractivity contribution in [2.45, 2.75) is 12.1 Å². The Morgan fingerprint density at radius 2 is 1.50 bits per heavy atom. The average molecular weight is 493 g/mol.